The lowest BCUT2D eigenvalue weighted by Crippen LogP contribution is -2.17. The van der Waals surface area contributed by atoms with Gasteiger partial charge in [-0.1, -0.05) is 144 Å². The van der Waals surface area contributed by atoms with Crippen LogP contribution in [0.2, 0.25) is 0 Å². The topological polar surface area (TPSA) is 80.9 Å². The summed E-state index contributed by atoms with van der Waals surface area (Å²) in [5.41, 5.74) is 5.43. The van der Waals surface area contributed by atoms with Gasteiger partial charge in [-0.15, -0.1) is 0 Å². The van der Waals surface area contributed by atoms with Crippen LogP contribution in [0.5, 0.6) is 23.0 Å². The molecule has 6 rings (SSSR count). The van der Waals surface area contributed by atoms with Crippen LogP contribution in [0.25, 0.3) is 54.9 Å². The van der Waals surface area contributed by atoms with Crippen LogP contribution in [0.3, 0.4) is 0 Å². The Bertz CT molecular complexity index is 2200. The highest BCUT2D eigenvalue weighted by molar-refractivity contribution is 6.14. The van der Waals surface area contributed by atoms with Gasteiger partial charge in [0.15, 0.2) is 0 Å². The number of benzene rings is 6. The third-order valence-corrected chi connectivity index (χ3v) is 10.4. The van der Waals surface area contributed by atoms with Gasteiger partial charge >= 0.3 is 0 Å². The molecule has 0 atom stereocenters. The van der Waals surface area contributed by atoms with E-state index < -0.39 is 0 Å². The molecule has 4 heteroatoms. The first-order valence-electron chi connectivity index (χ1n) is 18.3. The van der Waals surface area contributed by atoms with Gasteiger partial charge in [-0.25, -0.2) is 0 Å². The molecule has 0 aliphatic carbocycles. The quantitative estimate of drug-likeness (QED) is 0.149. The molecule has 6 aromatic rings. The molecule has 0 aromatic heterocycles. The van der Waals surface area contributed by atoms with Crippen LogP contribution in [-0.2, 0) is 21.7 Å². The molecule has 0 heterocycles. The van der Waals surface area contributed by atoms with E-state index in [0.717, 1.165) is 43.8 Å². The number of hydrogen-bond acceptors (Lipinski definition) is 4. The summed E-state index contributed by atoms with van der Waals surface area (Å²) in [4.78, 5) is 0. The van der Waals surface area contributed by atoms with E-state index in [-0.39, 0.29) is 44.7 Å². The maximum Gasteiger partial charge on any atom is 0.132 e. The highest BCUT2D eigenvalue weighted by Gasteiger charge is 2.31. The Morgan fingerprint density at radius 3 is 0.962 bits per heavy atom. The Morgan fingerprint density at radius 2 is 0.654 bits per heavy atom. The smallest absolute Gasteiger partial charge is 0.132 e. The highest BCUT2D eigenvalue weighted by atomic mass is 16.3. The van der Waals surface area contributed by atoms with Crippen LogP contribution in [0, 0.1) is 0 Å². The van der Waals surface area contributed by atoms with E-state index in [0.29, 0.717) is 33.4 Å². The van der Waals surface area contributed by atoms with Crippen LogP contribution in [0.15, 0.2) is 84.9 Å². The zero-order chi connectivity index (χ0) is 38.3. The van der Waals surface area contributed by atoms with Crippen LogP contribution < -0.4 is 0 Å². The minimum Gasteiger partial charge on any atom is -0.507 e. The molecule has 0 radical (unpaired) electrons. The minimum atomic E-state index is -0.367. The summed E-state index contributed by atoms with van der Waals surface area (Å²) >= 11 is 0. The van der Waals surface area contributed by atoms with Crippen molar-refractivity contribution in [1.82, 2.24) is 0 Å². The van der Waals surface area contributed by atoms with Crippen molar-refractivity contribution in [2.75, 3.05) is 0 Å². The van der Waals surface area contributed by atoms with E-state index in [1.165, 1.54) is 0 Å². The highest BCUT2D eigenvalue weighted by Crippen LogP contribution is 2.55. The molecule has 6 aromatic carbocycles. The first-order chi connectivity index (χ1) is 24.0. The van der Waals surface area contributed by atoms with Crippen molar-refractivity contribution in [2.24, 2.45) is 0 Å². The van der Waals surface area contributed by atoms with E-state index in [2.05, 4.69) is 95.2 Å². The lowest BCUT2D eigenvalue weighted by atomic mass is 9.77. The molecule has 0 saturated heterocycles. The lowest BCUT2D eigenvalue weighted by Gasteiger charge is -2.28. The number of phenols is 4. The van der Waals surface area contributed by atoms with Gasteiger partial charge < -0.3 is 20.4 Å². The molecular weight excluding hydrogens is 641 g/mol. The molecule has 4 N–H and O–H groups in total. The number of aromatic hydroxyl groups is 4. The Balaban J connectivity index is 1.79. The maximum atomic E-state index is 12.6. The molecule has 52 heavy (non-hydrogen) atoms. The number of hydrogen-bond donors (Lipinski definition) is 4. The van der Waals surface area contributed by atoms with E-state index in [1.807, 2.05) is 72.8 Å². The molecule has 0 spiro atoms. The summed E-state index contributed by atoms with van der Waals surface area (Å²) in [5.74, 6) is 0.165. The second-order valence-electron chi connectivity index (χ2n) is 18.6. The van der Waals surface area contributed by atoms with Gasteiger partial charge in [0.1, 0.15) is 23.0 Å². The van der Waals surface area contributed by atoms with E-state index >= 15 is 0 Å². The fourth-order valence-electron chi connectivity index (χ4n) is 7.28. The summed E-state index contributed by atoms with van der Waals surface area (Å²) < 4.78 is 0. The molecule has 0 amide bonds. The van der Waals surface area contributed by atoms with Crippen LogP contribution >= 0.6 is 0 Å². The van der Waals surface area contributed by atoms with E-state index in [9.17, 15) is 20.4 Å². The van der Waals surface area contributed by atoms with Gasteiger partial charge in [0, 0.05) is 44.5 Å². The standard InChI is InChI=1S/C48H54O4/c1-45(2,3)29-23-35(41(49)37(25-29)47(7,8)9)33-21-27-17-13-15-19-31(27)39(43(33)51)40-32-20-16-14-18-28(32)22-34(44(40)52)36-24-30(46(4,5)6)26-38(42(36)50)48(10,11)12/h13-26,49-52H,1-12H3. The summed E-state index contributed by atoms with van der Waals surface area (Å²) in [6.07, 6.45) is 0. The largest absolute Gasteiger partial charge is 0.507 e. The molecular formula is C48H54O4. The van der Waals surface area contributed by atoms with Crippen molar-refractivity contribution in [3.8, 4) is 56.4 Å². The first-order valence-corrected chi connectivity index (χ1v) is 18.3. The SMILES string of the molecule is CC(C)(C)c1cc(-c2cc3ccccc3c(-c3c(O)c(-c4cc(C(C)(C)C)cc(C(C)(C)C)c4O)cc4ccccc34)c2O)c(O)c(C(C)(C)C)c1. The van der Waals surface area contributed by atoms with Crippen molar-refractivity contribution < 1.29 is 20.4 Å². The van der Waals surface area contributed by atoms with Gasteiger partial charge in [0.25, 0.3) is 0 Å². The zero-order valence-electron chi connectivity index (χ0n) is 32.9. The van der Waals surface area contributed by atoms with Crippen LogP contribution in [-0.4, -0.2) is 20.4 Å². The van der Waals surface area contributed by atoms with E-state index in [4.69, 9.17) is 0 Å². The minimum absolute atomic E-state index is 0.0411. The summed E-state index contributed by atoms with van der Waals surface area (Å²) in [6.45, 7) is 25.3. The third-order valence-electron chi connectivity index (χ3n) is 10.4. The van der Waals surface area contributed by atoms with Crippen molar-refractivity contribution in [3.05, 3.63) is 107 Å². The third kappa shape index (κ3) is 6.38. The van der Waals surface area contributed by atoms with Gasteiger partial charge in [-0.05, 0) is 78.6 Å². The molecule has 0 unspecified atom stereocenters. The van der Waals surface area contributed by atoms with Crippen molar-refractivity contribution >= 4 is 21.5 Å². The van der Waals surface area contributed by atoms with Gasteiger partial charge in [0.05, 0.1) is 0 Å². The van der Waals surface area contributed by atoms with Crippen molar-refractivity contribution in [3.63, 3.8) is 0 Å². The predicted octanol–water partition coefficient (Wildman–Crippen LogP) is 13.0. The molecule has 0 aliphatic heterocycles. The normalized spacial score (nSPS) is 12.9. The zero-order valence-corrected chi connectivity index (χ0v) is 32.9. The van der Waals surface area contributed by atoms with Crippen LogP contribution in [0.4, 0.5) is 0 Å². The molecule has 4 nitrogen and oxygen atoms in total. The Hall–Kier alpha value is -4.96. The average Bonchev–Trinajstić information content (AvgIpc) is 3.03. The molecule has 0 saturated carbocycles. The van der Waals surface area contributed by atoms with Gasteiger partial charge in [0.2, 0.25) is 0 Å². The Morgan fingerprint density at radius 1 is 0.346 bits per heavy atom. The van der Waals surface area contributed by atoms with Crippen molar-refractivity contribution in [1.29, 1.82) is 0 Å². The van der Waals surface area contributed by atoms with Crippen LogP contribution in [0.1, 0.15) is 105 Å². The Kier molecular flexibility index (Phi) is 8.73. The van der Waals surface area contributed by atoms with Gasteiger partial charge in [-0.3, -0.25) is 0 Å². The summed E-state index contributed by atoms with van der Waals surface area (Å²) in [7, 11) is 0. The number of fused-ring (bicyclic) bond motifs is 2. The molecule has 0 fully saturated rings. The molecule has 270 valence electrons. The monoisotopic (exact) mass is 694 g/mol. The second kappa shape index (κ2) is 12.3. The predicted molar refractivity (Wildman–Crippen MR) is 219 cm³/mol. The number of rotatable bonds is 3. The fourth-order valence-corrected chi connectivity index (χ4v) is 7.28. The summed E-state index contributed by atoms with van der Waals surface area (Å²) in [6, 6.07) is 27.6. The van der Waals surface area contributed by atoms with Crippen molar-refractivity contribution in [2.45, 2.75) is 105 Å². The molecule has 0 aliphatic rings. The average molecular weight is 695 g/mol. The fraction of sp³-hybridized carbons (Fsp3) is 0.333. The second-order valence-corrected chi connectivity index (χ2v) is 18.6. The first kappa shape index (κ1) is 36.8. The summed E-state index contributed by atoms with van der Waals surface area (Å²) in [5, 5.41) is 52.4. The van der Waals surface area contributed by atoms with Gasteiger partial charge in [-0.2, -0.15) is 0 Å². The number of phenolic OH excluding ortho intramolecular Hbond substituents is 4. The molecule has 0 bridgehead atoms. The lowest BCUT2D eigenvalue weighted by molar-refractivity contribution is 0.444. The Labute approximate surface area is 309 Å². The maximum absolute atomic E-state index is 12.6. The van der Waals surface area contributed by atoms with E-state index in [1.54, 1.807) is 0 Å².